The second-order valence-electron chi connectivity index (χ2n) is 3.78. The summed E-state index contributed by atoms with van der Waals surface area (Å²) in [6.45, 7) is 2.08. The van der Waals surface area contributed by atoms with Gasteiger partial charge in [0.05, 0.1) is 10.8 Å². The lowest BCUT2D eigenvalue weighted by atomic mass is 10.1. The van der Waals surface area contributed by atoms with Gasteiger partial charge >= 0.3 is 0 Å². The van der Waals surface area contributed by atoms with Gasteiger partial charge in [0.2, 0.25) is 9.40 Å². The molecule has 0 amide bonds. The molecule has 1 heterocycles. The van der Waals surface area contributed by atoms with Crippen molar-refractivity contribution in [1.82, 2.24) is 0 Å². The third-order valence-corrected chi connectivity index (χ3v) is 4.27. The predicted molar refractivity (Wildman–Crippen MR) is 66.0 cm³/mol. The zero-order valence-corrected chi connectivity index (χ0v) is 9.21. The molecule has 0 saturated carbocycles. The van der Waals surface area contributed by atoms with E-state index in [-0.39, 0.29) is 0 Å². The Morgan fingerprint density at radius 1 is 0.933 bits per heavy atom. The van der Waals surface area contributed by atoms with Crippen molar-refractivity contribution in [2.24, 2.45) is 0 Å². The van der Waals surface area contributed by atoms with Gasteiger partial charge in [0.25, 0.3) is 0 Å². The van der Waals surface area contributed by atoms with Crippen molar-refractivity contribution in [2.45, 2.75) is 6.92 Å². The summed E-state index contributed by atoms with van der Waals surface area (Å²) in [6.07, 6.45) is 0. The fourth-order valence-corrected chi connectivity index (χ4v) is 3.40. The van der Waals surface area contributed by atoms with E-state index < -0.39 is 10.8 Å². The topological polar surface area (TPSA) is 20.2 Å². The summed E-state index contributed by atoms with van der Waals surface area (Å²) in [5, 5.41) is 2.37. The first-order chi connectivity index (χ1) is 7.27. The van der Waals surface area contributed by atoms with Crippen LogP contribution in [0.15, 0.2) is 42.5 Å². The first kappa shape index (κ1) is 8.89. The highest BCUT2D eigenvalue weighted by Crippen LogP contribution is 2.40. The first-order valence-corrected chi connectivity index (χ1v) is 6.09. The van der Waals surface area contributed by atoms with Crippen LogP contribution in [-0.2, 0) is 0 Å². The van der Waals surface area contributed by atoms with E-state index in [1.165, 1.54) is 16.3 Å². The number of benzene rings is 2. The molecule has 0 aliphatic rings. The van der Waals surface area contributed by atoms with Crippen LogP contribution < -0.4 is 0 Å². The molecule has 15 heavy (non-hydrogen) atoms. The molecule has 1 atom stereocenters. The van der Waals surface area contributed by atoms with Crippen LogP contribution in [0.25, 0.3) is 20.2 Å². The maximum Gasteiger partial charge on any atom is 0.218 e. The maximum atomic E-state index is 10.2. The van der Waals surface area contributed by atoms with E-state index in [4.69, 9.17) is 0 Å². The molecular formula is C13H11OS+. The molecule has 0 radical (unpaired) electrons. The van der Waals surface area contributed by atoms with Gasteiger partial charge in [-0.1, -0.05) is 23.8 Å². The van der Waals surface area contributed by atoms with Crippen molar-refractivity contribution >= 4 is 30.9 Å². The Bertz CT molecular complexity index is 652. The minimum absolute atomic E-state index is 0.731. The van der Waals surface area contributed by atoms with E-state index in [0.29, 0.717) is 0 Å². The lowest BCUT2D eigenvalue weighted by molar-refractivity contribution is 0.646. The van der Waals surface area contributed by atoms with Crippen LogP contribution in [0.2, 0.25) is 0 Å². The van der Waals surface area contributed by atoms with Gasteiger partial charge in [0.1, 0.15) is 0 Å². The van der Waals surface area contributed by atoms with Crippen molar-refractivity contribution in [2.75, 3.05) is 0 Å². The number of hydrogen-bond donors (Lipinski definition) is 1. The van der Waals surface area contributed by atoms with Crippen LogP contribution >= 0.6 is 10.8 Å². The van der Waals surface area contributed by atoms with Crippen LogP contribution in [0.4, 0.5) is 0 Å². The first-order valence-electron chi connectivity index (χ1n) is 4.91. The summed E-state index contributed by atoms with van der Waals surface area (Å²) in [5.74, 6) is 0. The lowest BCUT2D eigenvalue weighted by Gasteiger charge is -1.89. The zero-order valence-electron chi connectivity index (χ0n) is 8.40. The van der Waals surface area contributed by atoms with Crippen molar-refractivity contribution < 1.29 is 4.55 Å². The Morgan fingerprint density at radius 3 is 2.53 bits per heavy atom. The van der Waals surface area contributed by atoms with Crippen molar-refractivity contribution in [1.29, 1.82) is 0 Å². The van der Waals surface area contributed by atoms with E-state index in [1.54, 1.807) is 0 Å². The number of hydrogen-bond acceptors (Lipinski definition) is 1. The van der Waals surface area contributed by atoms with Crippen molar-refractivity contribution in [3.8, 4) is 0 Å². The third kappa shape index (κ3) is 1.19. The molecular weight excluding hydrogens is 204 g/mol. The van der Waals surface area contributed by atoms with Crippen LogP contribution in [-0.4, -0.2) is 4.55 Å². The lowest BCUT2D eigenvalue weighted by Crippen LogP contribution is -1.70. The molecule has 2 heteroatoms. The van der Waals surface area contributed by atoms with Gasteiger partial charge in [0, 0.05) is 12.1 Å². The third-order valence-electron chi connectivity index (χ3n) is 2.73. The SMILES string of the molecule is Cc1ccc2c(c1)c1ccccc1[s+]2O. The average molecular weight is 215 g/mol. The van der Waals surface area contributed by atoms with E-state index >= 15 is 0 Å². The van der Waals surface area contributed by atoms with E-state index in [9.17, 15) is 4.55 Å². The van der Waals surface area contributed by atoms with Crippen LogP contribution in [0, 0.1) is 6.92 Å². The number of rotatable bonds is 0. The van der Waals surface area contributed by atoms with Gasteiger partial charge in [-0.15, -0.1) is 0 Å². The molecule has 1 N–H and O–H groups in total. The minimum atomic E-state index is -0.731. The van der Waals surface area contributed by atoms with Gasteiger partial charge < -0.3 is 0 Å². The second kappa shape index (κ2) is 3.05. The highest BCUT2D eigenvalue weighted by Gasteiger charge is 2.19. The largest absolute Gasteiger partial charge is 0.218 e. The molecule has 74 valence electrons. The Balaban J connectivity index is 2.64. The van der Waals surface area contributed by atoms with Crippen molar-refractivity contribution in [3.63, 3.8) is 0 Å². The molecule has 3 rings (SSSR count). The van der Waals surface area contributed by atoms with Crippen LogP contribution in [0.1, 0.15) is 5.56 Å². The van der Waals surface area contributed by atoms with Gasteiger partial charge in [-0.05, 0) is 19.1 Å². The highest BCUT2D eigenvalue weighted by molar-refractivity contribution is 7.37. The summed E-state index contributed by atoms with van der Waals surface area (Å²) in [5.41, 5.74) is 1.24. The van der Waals surface area contributed by atoms with Crippen molar-refractivity contribution in [3.05, 3.63) is 48.0 Å². The Labute approximate surface area is 90.8 Å². The molecule has 0 saturated heterocycles. The highest BCUT2D eigenvalue weighted by atomic mass is 32.2. The molecule has 1 nitrogen and oxygen atoms in total. The van der Waals surface area contributed by atoms with E-state index in [1.807, 2.05) is 24.3 Å². The van der Waals surface area contributed by atoms with Crippen LogP contribution in [0.5, 0.6) is 0 Å². The summed E-state index contributed by atoms with van der Waals surface area (Å²) < 4.78 is 12.3. The monoisotopic (exact) mass is 215 g/mol. The molecule has 3 aromatic rings. The predicted octanol–water partition coefficient (Wildman–Crippen LogP) is 4.19. The molecule has 1 unspecified atom stereocenters. The van der Waals surface area contributed by atoms with Gasteiger partial charge in [0.15, 0.2) is 10.8 Å². The number of aryl methyl sites for hydroxylation is 1. The summed E-state index contributed by atoms with van der Waals surface area (Å²) in [6, 6.07) is 14.3. The Morgan fingerprint density at radius 2 is 1.67 bits per heavy atom. The molecule has 1 aromatic heterocycles. The quantitative estimate of drug-likeness (QED) is 0.557. The summed E-state index contributed by atoms with van der Waals surface area (Å²) in [7, 11) is -0.731. The molecule has 0 aliphatic carbocycles. The molecule has 0 bridgehead atoms. The molecule has 0 fully saturated rings. The van der Waals surface area contributed by atoms with Gasteiger partial charge in [-0.25, -0.2) is 0 Å². The van der Waals surface area contributed by atoms with E-state index in [0.717, 1.165) is 9.40 Å². The Hall–Kier alpha value is -1.38. The molecule has 2 aromatic carbocycles. The van der Waals surface area contributed by atoms with Crippen LogP contribution in [0.3, 0.4) is 0 Å². The standard InChI is InChI=1S/C13H11OS/c1-9-6-7-13-11(8-9)10-4-2-3-5-12(10)15(13)14/h2-8,14H,1H3/q+1. The van der Waals surface area contributed by atoms with E-state index in [2.05, 4.69) is 25.1 Å². The Kier molecular flexibility index (Phi) is 1.81. The molecule has 0 aliphatic heterocycles. The molecule has 0 spiro atoms. The summed E-state index contributed by atoms with van der Waals surface area (Å²) >= 11 is 0. The fraction of sp³-hybridized carbons (Fsp3) is 0.0769. The maximum absolute atomic E-state index is 10.2. The normalized spacial score (nSPS) is 12.5. The minimum Gasteiger partial charge on any atom is -0.163 e. The summed E-state index contributed by atoms with van der Waals surface area (Å²) in [4.78, 5) is 0. The van der Waals surface area contributed by atoms with Gasteiger partial charge in [-0.2, -0.15) is 4.55 Å². The average Bonchev–Trinajstić information content (AvgIpc) is 2.54. The number of fused-ring (bicyclic) bond motifs is 3. The number of thiophene rings is 1. The second-order valence-corrected chi connectivity index (χ2v) is 5.23. The van der Waals surface area contributed by atoms with Gasteiger partial charge in [-0.3, -0.25) is 0 Å². The fourth-order valence-electron chi connectivity index (χ4n) is 2.00. The zero-order chi connectivity index (χ0) is 10.4. The smallest absolute Gasteiger partial charge is 0.163 e.